The highest BCUT2D eigenvalue weighted by molar-refractivity contribution is 5.94. The molecule has 2 amide bonds. The van der Waals surface area contributed by atoms with E-state index in [1.807, 2.05) is 41.2 Å². The third-order valence-electron chi connectivity index (χ3n) is 3.59. The SMILES string of the molecule is Cc1cc(C(=O)NCCNC(=O)c2ccc(-n3cccc3)cc2)no1. The predicted molar refractivity (Wildman–Crippen MR) is 91.7 cm³/mol. The standard InChI is InChI=1S/C18H18N4O3/c1-13-12-16(21-25-13)18(24)20-9-8-19-17(23)14-4-6-15(7-5-14)22-10-2-3-11-22/h2-7,10-12H,8-9H2,1H3,(H,19,23)(H,20,24). The quantitative estimate of drug-likeness (QED) is 0.672. The number of carbonyl (C=O) groups excluding carboxylic acids is 2. The second-order valence-electron chi connectivity index (χ2n) is 5.47. The molecule has 0 aliphatic rings. The van der Waals surface area contributed by atoms with Gasteiger partial charge in [0, 0.05) is 42.8 Å². The van der Waals surface area contributed by atoms with Gasteiger partial charge in [0.15, 0.2) is 5.69 Å². The van der Waals surface area contributed by atoms with Crippen LogP contribution in [0.2, 0.25) is 0 Å². The van der Waals surface area contributed by atoms with Gasteiger partial charge in [-0.05, 0) is 43.3 Å². The first kappa shape index (κ1) is 16.5. The molecule has 25 heavy (non-hydrogen) atoms. The molecule has 0 saturated carbocycles. The maximum absolute atomic E-state index is 12.1. The minimum Gasteiger partial charge on any atom is -0.361 e. The highest BCUT2D eigenvalue weighted by Gasteiger charge is 2.10. The molecule has 0 aliphatic heterocycles. The van der Waals surface area contributed by atoms with E-state index in [0.29, 0.717) is 24.4 Å². The topological polar surface area (TPSA) is 89.2 Å². The van der Waals surface area contributed by atoms with Crippen molar-refractivity contribution in [1.29, 1.82) is 0 Å². The summed E-state index contributed by atoms with van der Waals surface area (Å²) in [6.07, 6.45) is 3.88. The first-order valence-electron chi connectivity index (χ1n) is 7.86. The summed E-state index contributed by atoms with van der Waals surface area (Å²) in [7, 11) is 0. The smallest absolute Gasteiger partial charge is 0.273 e. The van der Waals surface area contributed by atoms with E-state index in [4.69, 9.17) is 4.52 Å². The summed E-state index contributed by atoms with van der Waals surface area (Å²) < 4.78 is 6.80. The van der Waals surface area contributed by atoms with Crippen molar-refractivity contribution in [3.63, 3.8) is 0 Å². The average Bonchev–Trinajstić information content (AvgIpc) is 3.30. The van der Waals surface area contributed by atoms with Gasteiger partial charge in [0.1, 0.15) is 5.76 Å². The van der Waals surface area contributed by atoms with Crippen LogP contribution in [0.5, 0.6) is 0 Å². The van der Waals surface area contributed by atoms with Gasteiger partial charge < -0.3 is 19.7 Å². The third-order valence-corrected chi connectivity index (χ3v) is 3.59. The summed E-state index contributed by atoms with van der Waals surface area (Å²) in [5.41, 5.74) is 1.77. The summed E-state index contributed by atoms with van der Waals surface area (Å²) in [6, 6.07) is 12.7. The maximum Gasteiger partial charge on any atom is 0.273 e. The Morgan fingerprint density at radius 1 is 1.04 bits per heavy atom. The van der Waals surface area contributed by atoms with Crippen LogP contribution in [0.15, 0.2) is 59.4 Å². The molecule has 0 fully saturated rings. The molecule has 2 heterocycles. The zero-order chi connectivity index (χ0) is 17.6. The first-order valence-corrected chi connectivity index (χ1v) is 7.86. The number of benzene rings is 1. The minimum atomic E-state index is -0.331. The summed E-state index contributed by atoms with van der Waals surface area (Å²) in [5.74, 6) is 0.0505. The number of carbonyl (C=O) groups is 2. The van der Waals surface area contributed by atoms with E-state index in [9.17, 15) is 9.59 Å². The monoisotopic (exact) mass is 338 g/mol. The number of rotatable bonds is 6. The van der Waals surface area contributed by atoms with Crippen LogP contribution >= 0.6 is 0 Å². The van der Waals surface area contributed by atoms with Crippen LogP contribution in [0.4, 0.5) is 0 Å². The third kappa shape index (κ3) is 4.14. The lowest BCUT2D eigenvalue weighted by Gasteiger charge is -2.07. The molecule has 0 aliphatic carbocycles. The fraction of sp³-hybridized carbons (Fsp3) is 0.167. The van der Waals surface area contributed by atoms with Gasteiger partial charge in [-0.25, -0.2) is 0 Å². The Morgan fingerprint density at radius 3 is 2.28 bits per heavy atom. The van der Waals surface area contributed by atoms with Crippen molar-refractivity contribution in [3.05, 3.63) is 71.9 Å². The normalized spacial score (nSPS) is 10.4. The Balaban J connectivity index is 1.45. The number of hydrogen-bond acceptors (Lipinski definition) is 4. The number of nitrogens with one attached hydrogen (secondary N) is 2. The highest BCUT2D eigenvalue weighted by Crippen LogP contribution is 2.10. The molecule has 3 rings (SSSR count). The Labute approximate surface area is 144 Å². The zero-order valence-corrected chi connectivity index (χ0v) is 13.7. The van der Waals surface area contributed by atoms with Crippen molar-refractivity contribution >= 4 is 11.8 Å². The summed E-state index contributed by atoms with van der Waals surface area (Å²) >= 11 is 0. The van der Waals surface area contributed by atoms with Crippen LogP contribution < -0.4 is 10.6 Å². The van der Waals surface area contributed by atoms with Crippen LogP contribution in [-0.4, -0.2) is 34.6 Å². The van der Waals surface area contributed by atoms with Crippen molar-refractivity contribution < 1.29 is 14.1 Å². The molecule has 0 bridgehead atoms. The first-order chi connectivity index (χ1) is 12.1. The van der Waals surface area contributed by atoms with E-state index >= 15 is 0 Å². The van der Waals surface area contributed by atoms with E-state index in [2.05, 4.69) is 15.8 Å². The molecule has 2 N–H and O–H groups in total. The van der Waals surface area contributed by atoms with Crippen molar-refractivity contribution in [2.45, 2.75) is 6.92 Å². The van der Waals surface area contributed by atoms with Crippen LogP contribution in [0, 0.1) is 6.92 Å². The van der Waals surface area contributed by atoms with Gasteiger partial charge in [-0.15, -0.1) is 0 Å². The Kier molecular flexibility index (Phi) is 4.94. The minimum absolute atomic E-state index is 0.189. The van der Waals surface area contributed by atoms with Gasteiger partial charge in [-0.1, -0.05) is 5.16 Å². The lowest BCUT2D eigenvalue weighted by atomic mass is 10.2. The van der Waals surface area contributed by atoms with Crippen molar-refractivity contribution in [2.75, 3.05) is 13.1 Å². The molecule has 7 heteroatoms. The molecule has 0 radical (unpaired) electrons. The lowest BCUT2D eigenvalue weighted by Crippen LogP contribution is -2.34. The molecular weight excluding hydrogens is 320 g/mol. The molecule has 3 aromatic rings. The maximum atomic E-state index is 12.1. The van der Waals surface area contributed by atoms with Gasteiger partial charge in [0.05, 0.1) is 0 Å². The van der Waals surface area contributed by atoms with Crippen LogP contribution in [0.3, 0.4) is 0 Å². The molecule has 0 saturated heterocycles. The molecule has 128 valence electrons. The van der Waals surface area contributed by atoms with E-state index in [0.717, 1.165) is 5.69 Å². The van der Waals surface area contributed by atoms with Gasteiger partial charge >= 0.3 is 0 Å². The van der Waals surface area contributed by atoms with Crippen molar-refractivity contribution in [1.82, 2.24) is 20.4 Å². The molecule has 0 spiro atoms. The molecular formula is C18H18N4O3. The highest BCUT2D eigenvalue weighted by atomic mass is 16.5. The lowest BCUT2D eigenvalue weighted by molar-refractivity contribution is 0.0922. The second kappa shape index (κ2) is 7.48. The van der Waals surface area contributed by atoms with Crippen molar-refractivity contribution in [2.24, 2.45) is 0 Å². The fourth-order valence-corrected chi connectivity index (χ4v) is 2.31. The van der Waals surface area contributed by atoms with Crippen LogP contribution in [0.25, 0.3) is 5.69 Å². The number of aromatic nitrogens is 2. The number of hydrogen-bond donors (Lipinski definition) is 2. The predicted octanol–water partition coefficient (Wildman–Crippen LogP) is 1.93. The average molecular weight is 338 g/mol. The summed E-state index contributed by atoms with van der Waals surface area (Å²) in [4.78, 5) is 23.9. The molecule has 1 aromatic carbocycles. The number of aryl methyl sites for hydroxylation is 1. The fourth-order valence-electron chi connectivity index (χ4n) is 2.31. The van der Waals surface area contributed by atoms with Gasteiger partial charge in [-0.3, -0.25) is 9.59 Å². The number of nitrogens with zero attached hydrogens (tertiary/aromatic N) is 2. The Morgan fingerprint density at radius 2 is 1.68 bits per heavy atom. The summed E-state index contributed by atoms with van der Waals surface area (Å²) in [5, 5.41) is 9.06. The Bertz CT molecular complexity index is 851. The molecule has 7 nitrogen and oxygen atoms in total. The molecule has 0 unspecified atom stereocenters. The van der Waals surface area contributed by atoms with Gasteiger partial charge in [-0.2, -0.15) is 0 Å². The van der Waals surface area contributed by atoms with E-state index in [1.54, 1.807) is 25.1 Å². The largest absolute Gasteiger partial charge is 0.361 e. The van der Waals surface area contributed by atoms with E-state index in [-0.39, 0.29) is 17.5 Å². The zero-order valence-electron chi connectivity index (χ0n) is 13.7. The number of amides is 2. The van der Waals surface area contributed by atoms with E-state index < -0.39 is 0 Å². The van der Waals surface area contributed by atoms with Crippen LogP contribution in [-0.2, 0) is 0 Å². The Hall–Kier alpha value is -3.35. The van der Waals surface area contributed by atoms with E-state index in [1.165, 1.54) is 0 Å². The van der Waals surface area contributed by atoms with Gasteiger partial charge in [0.25, 0.3) is 11.8 Å². The summed E-state index contributed by atoms with van der Waals surface area (Å²) in [6.45, 7) is 2.34. The molecule has 0 atom stereocenters. The van der Waals surface area contributed by atoms with Crippen molar-refractivity contribution in [3.8, 4) is 5.69 Å². The second-order valence-corrected chi connectivity index (χ2v) is 5.47. The molecule has 2 aromatic heterocycles. The van der Waals surface area contributed by atoms with Crippen LogP contribution in [0.1, 0.15) is 26.6 Å². The van der Waals surface area contributed by atoms with Gasteiger partial charge in [0.2, 0.25) is 0 Å².